The molecule has 1 aromatic heterocycles. The van der Waals surface area contributed by atoms with Gasteiger partial charge in [-0.05, 0) is 17.5 Å². The molecule has 0 radical (unpaired) electrons. The highest BCUT2D eigenvalue weighted by molar-refractivity contribution is 5.81. The van der Waals surface area contributed by atoms with E-state index in [2.05, 4.69) is 12.1 Å². The van der Waals surface area contributed by atoms with Crippen LogP contribution in [0.15, 0.2) is 30.3 Å². The molecule has 2 aromatic rings. The lowest BCUT2D eigenvalue weighted by Gasteiger charge is -1.98. The summed E-state index contributed by atoms with van der Waals surface area (Å²) in [7, 11) is 1.97. The zero-order chi connectivity index (χ0) is 8.55. The second-order valence-corrected chi connectivity index (χ2v) is 2.91. The average Bonchev–Trinajstić information content (AvgIpc) is 2.44. The predicted octanol–water partition coefficient (Wildman–Crippen LogP) is 1.67. The molecule has 62 valence electrons. The van der Waals surface area contributed by atoms with Crippen molar-refractivity contribution in [1.29, 1.82) is 0 Å². The SMILES string of the molecule is Cn1c(CO)cc2ccccc21. The van der Waals surface area contributed by atoms with Crippen LogP contribution in [-0.4, -0.2) is 9.67 Å². The maximum absolute atomic E-state index is 9.00. The molecule has 0 saturated carbocycles. The number of rotatable bonds is 1. The van der Waals surface area contributed by atoms with Crippen LogP contribution in [0, 0.1) is 0 Å². The van der Waals surface area contributed by atoms with E-state index in [1.165, 1.54) is 10.9 Å². The molecule has 0 aliphatic rings. The van der Waals surface area contributed by atoms with E-state index in [0.717, 1.165) is 5.69 Å². The summed E-state index contributed by atoms with van der Waals surface area (Å²) in [6, 6.07) is 10.1. The van der Waals surface area contributed by atoms with Gasteiger partial charge in [-0.15, -0.1) is 0 Å². The minimum atomic E-state index is 0.102. The van der Waals surface area contributed by atoms with Gasteiger partial charge in [-0.3, -0.25) is 0 Å². The van der Waals surface area contributed by atoms with Crippen molar-refractivity contribution in [3.63, 3.8) is 0 Å². The normalized spacial score (nSPS) is 10.8. The van der Waals surface area contributed by atoms with Crippen molar-refractivity contribution in [2.75, 3.05) is 0 Å². The van der Waals surface area contributed by atoms with Crippen LogP contribution in [0.5, 0.6) is 0 Å². The first-order valence-electron chi connectivity index (χ1n) is 3.97. The molecule has 0 atom stereocenters. The first kappa shape index (κ1) is 7.37. The van der Waals surface area contributed by atoms with Gasteiger partial charge in [0.05, 0.1) is 6.61 Å². The number of nitrogens with zero attached hydrogens (tertiary/aromatic N) is 1. The summed E-state index contributed by atoms with van der Waals surface area (Å²) >= 11 is 0. The molecule has 2 heteroatoms. The van der Waals surface area contributed by atoms with Crippen LogP contribution < -0.4 is 0 Å². The van der Waals surface area contributed by atoms with Crippen molar-refractivity contribution in [2.45, 2.75) is 6.61 Å². The van der Waals surface area contributed by atoms with Gasteiger partial charge in [0.2, 0.25) is 0 Å². The molecule has 2 rings (SSSR count). The Labute approximate surface area is 71.1 Å². The van der Waals surface area contributed by atoms with Gasteiger partial charge in [0.1, 0.15) is 0 Å². The van der Waals surface area contributed by atoms with Crippen LogP contribution in [0.3, 0.4) is 0 Å². The van der Waals surface area contributed by atoms with E-state index < -0.39 is 0 Å². The maximum Gasteiger partial charge on any atom is 0.0833 e. The topological polar surface area (TPSA) is 25.2 Å². The van der Waals surface area contributed by atoms with E-state index >= 15 is 0 Å². The van der Waals surface area contributed by atoms with Gasteiger partial charge in [0.25, 0.3) is 0 Å². The molecule has 12 heavy (non-hydrogen) atoms. The van der Waals surface area contributed by atoms with Crippen molar-refractivity contribution < 1.29 is 5.11 Å². The van der Waals surface area contributed by atoms with E-state index in [0.29, 0.717) is 0 Å². The molecule has 0 amide bonds. The molecule has 1 aromatic carbocycles. The van der Waals surface area contributed by atoms with Crippen molar-refractivity contribution in [3.8, 4) is 0 Å². The van der Waals surface area contributed by atoms with Crippen LogP contribution in [0.25, 0.3) is 10.9 Å². The molecule has 0 aliphatic carbocycles. The minimum absolute atomic E-state index is 0.102. The Hall–Kier alpha value is -1.28. The molecule has 0 saturated heterocycles. The summed E-state index contributed by atoms with van der Waals surface area (Å²) in [5.41, 5.74) is 2.12. The van der Waals surface area contributed by atoms with Crippen LogP contribution in [0.4, 0.5) is 0 Å². The Morgan fingerprint density at radius 2 is 2.08 bits per heavy atom. The number of aliphatic hydroxyl groups is 1. The standard InChI is InChI=1S/C10H11NO/c1-11-9(7-12)6-8-4-2-3-5-10(8)11/h2-6,12H,7H2,1H3. The van der Waals surface area contributed by atoms with E-state index in [4.69, 9.17) is 5.11 Å². The van der Waals surface area contributed by atoms with Crippen molar-refractivity contribution in [3.05, 3.63) is 36.0 Å². The lowest BCUT2D eigenvalue weighted by atomic mass is 10.2. The number of para-hydroxylation sites is 1. The van der Waals surface area contributed by atoms with E-state index in [1.807, 2.05) is 29.8 Å². The number of benzene rings is 1. The number of fused-ring (bicyclic) bond motifs is 1. The Morgan fingerprint density at radius 1 is 1.33 bits per heavy atom. The molecule has 1 N–H and O–H groups in total. The zero-order valence-electron chi connectivity index (χ0n) is 6.99. The summed E-state index contributed by atoms with van der Waals surface area (Å²) in [5, 5.41) is 10.2. The van der Waals surface area contributed by atoms with Gasteiger partial charge < -0.3 is 9.67 Å². The molecular formula is C10H11NO. The highest BCUT2D eigenvalue weighted by Crippen LogP contribution is 2.17. The Balaban J connectivity index is 2.78. The summed E-state index contributed by atoms with van der Waals surface area (Å²) < 4.78 is 2.01. The molecule has 0 bridgehead atoms. The third-order valence-corrected chi connectivity index (χ3v) is 2.21. The van der Waals surface area contributed by atoms with Gasteiger partial charge in [-0.1, -0.05) is 18.2 Å². The van der Waals surface area contributed by atoms with Crippen LogP contribution in [0.1, 0.15) is 5.69 Å². The van der Waals surface area contributed by atoms with Crippen LogP contribution in [-0.2, 0) is 13.7 Å². The Morgan fingerprint density at radius 3 is 2.75 bits per heavy atom. The first-order valence-corrected chi connectivity index (χ1v) is 3.97. The fourth-order valence-corrected chi connectivity index (χ4v) is 1.50. The monoisotopic (exact) mass is 161 g/mol. The van der Waals surface area contributed by atoms with E-state index in [9.17, 15) is 0 Å². The highest BCUT2D eigenvalue weighted by Gasteiger charge is 2.01. The number of aromatic nitrogens is 1. The molecular weight excluding hydrogens is 150 g/mol. The van der Waals surface area contributed by atoms with Gasteiger partial charge in [0, 0.05) is 18.3 Å². The number of hydrogen-bond donors (Lipinski definition) is 1. The van der Waals surface area contributed by atoms with Crippen molar-refractivity contribution in [2.24, 2.45) is 7.05 Å². The minimum Gasteiger partial charge on any atom is -0.390 e. The van der Waals surface area contributed by atoms with Gasteiger partial charge in [-0.25, -0.2) is 0 Å². The summed E-state index contributed by atoms with van der Waals surface area (Å²) in [6.07, 6.45) is 0. The molecule has 1 heterocycles. The van der Waals surface area contributed by atoms with Crippen LogP contribution in [0.2, 0.25) is 0 Å². The van der Waals surface area contributed by atoms with Gasteiger partial charge in [-0.2, -0.15) is 0 Å². The van der Waals surface area contributed by atoms with E-state index in [1.54, 1.807) is 0 Å². The summed E-state index contributed by atoms with van der Waals surface area (Å²) in [6.45, 7) is 0.102. The van der Waals surface area contributed by atoms with E-state index in [-0.39, 0.29) is 6.61 Å². The average molecular weight is 161 g/mol. The van der Waals surface area contributed by atoms with Crippen molar-refractivity contribution in [1.82, 2.24) is 4.57 Å². The van der Waals surface area contributed by atoms with Crippen molar-refractivity contribution >= 4 is 10.9 Å². The summed E-state index contributed by atoms with van der Waals surface area (Å²) in [5.74, 6) is 0. The fourth-order valence-electron chi connectivity index (χ4n) is 1.50. The quantitative estimate of drug-likeness (QED) is 0.676. The molecule has 0 spiro atoms. The zero-order valence-corrected chi connectivity index (χ0v) is 6.99. The van der Waals surface area contributed by atoms with Gasteiger partial charge >= 0.3 is 0 Å². The Bertz CT molecular complexity index is 403. The number of aryl methyl sites for hydroxylation is 1. The number of hydrogen-bond acceptors (Lipinski definition) is 1. The lowest BCUT2D eigenvalue weighted by Crippen LogP contribution is -1.94. The van der Waals surface area contributed by atoms with Gasteiger partial charge in [0.15, 0.2) is 0 Å². The first-order chi connectivity index (χ1) is 5.83. The third kappa shape index (κ3) is 0.924. The molecule has 0 unspecified atom stereocenters. The highest BCUT2D eigenvalue weighted by atomic mass is 16.3. The van der Waals surface area contributed by atoms with Crippen LogP contribution >= 0.6 is 0 Å². The maximum atomic E-state index is 9.00. The molecule has 0 fully saturated rings. The number of aliphatic hydroxyl groups excluding tert-OH is 1. The molecule has 2 nitrogen and oxygen atoms in total. The lowest BCUT2D eigenvalue weighted by molar-refractivity contribution is 0.273. The Kier molecular flexibility index (Phi) is 1.62. The fraction of sp³-hybridized carbons (Fsp3) is 0.200. The second-order valence-electron chi connectivity index (χ2n) is 2.91. The smallest absolute Gasteiger partial charge is 0.0833 e. The third-order valence-electron chi connectivity index (χ3n) is 2.21. The molecule has 0 aliphatic heterocycles. The predicted molar refractivity (Wildman–Crippen MR) is 48.8 cm³/mol. The summed E-state index contributed by atoms with van der Waals surface area (Å²) in [4.78, 5) is 0. The largest absolute Gasteiger partial charge is 0.390 e. The second kappa shape index (κ2) is 2.64.